The Labute approximate surface area is 101 Å². The number of para-hydroxylation sites is 1. The Morgan fingerprint density at radius 2 is 1.76 bits per heavy atom. The lowest BCUT2D eigenvalue weighted by Gasteiger charge is -1.99. The molecule has 0 aliphatic carbocycles. The van der Waals surface area contributed by atoms with Crippen molar-refractivity contribution in [2.24, 2.45) is 4.99 Å². The number of aryl methyl sites for hydroxylation is 1. The van der Waals surface area contributed by atoms with Gasteiger partial charge in [-0.15, -0.1) is 0 Å². The van der Waals surface area contributed by atoms with Crippen LogP contribution in [-0.2, 0) is 0 Å². The van der Waals surface area contributed by atoms with Crippen LogP contribution in [0.3, 0.4) is 0 Å². The molecule has 0 heterocycles. The zero-order valence-corrected chi connectivity index (χ0v) is 9.59. The lowest BCUT2D eigenvalue weighted by Crippen LogP contribution is -1.85. The average molecular weight is 220 g/mol. The van der Waals surface area contributed by atoms with Gasteiger partial charge in [-0.1, -0.05) is 36.4 Å². The molecule has 0 atom stereocenters. The molecule has 0 saturated heterocycles. The Kier molecular flexibility index (Phi) is 3.32. The van der Waals surface area contributed by atoms with Crippen LogP contribution in [0.4, 0.5) is 5.69 Å². The number of aliphatic imine (C=N–C) groups is 1. The topological polar surface area (TPSA) is 36.1 Å². The third-order valence-electron chi connectivity index (χ3n) is 2.56. The molecule has 2 aromatic carbocycles. The van der Waals surface area contributed by atoms with Crippen LogP contribution in [0.1, 0.15) is 16.7 Å². The fourth-order valence-electron chi connectivity index (χ4n) is 1.55. The summed E-state index contributed by atoms with van der Waals surface area (Å²) in [5.41, 5.74) is 3.54. The largest absolute Gasteiger partial charge is 0.255 e. The third-order valence-corrected chi connectivity index (χ3v) is 2.56. The first-order valence-corrected chi connectivity index (χ1v) is 5.40. The molecule has 0 N–H and O–H groups in total. The lowest BCUT2D eigenvalue weighted by molar-refractivity contribution is 1.42. The van der Waals surface area contributed by atoms with E-state index in [4.69, 9.17) is 5.26 Å². The number of hydrogen-bond acceptors (Lipinski definition) is 2. The van der Waals surface area contributed by atoms with Gasteiger partial charge < -0.3 is 0 Å². The fraction of sp³-hybridized carbons (Fsp3) is 0.0667. The van der Waals surface area contributed by atoms with Crippen LogP contribution in [0, 0.1) is 18.3 Å². The number of benzene rings is 2. The molecule has 0 radical (unpaired) electrons. The van der Waals surface area contributed by atoms with E-state index in [2.05, 4.69) is 11.1 Å². The highest BCUT2D eigenvalue weighted by atomic mass is 14.7. The van der Waals surface area contributed by atoms with Crippen molar-refractivity contribution in [1.82, 2.24) is 0 Å². The Balaban J connectivity index is 2.33. The van der Waals surface area contributed by atoms with Crippen molar-refractivity contribution in [3.8, 4) is 6.07 Å². The fourth-order valence-corrected chi connectivity index (χ4v) is 1.55. The van der Waals surface area contributed by atoms with Crippen LogP contribution in [0.25, 0.3) is 0 Å². The smallest absolute Gasteiger partial charge is 0.101 e. The summed E-state index contributed by atoms with van der Waals surface area (Å²) in [7, 11) is 0. The predicted octanol–water partition coefficient (Wildman–Crippen LogP) is 3.62. The quantitative estimate of drug-likeness (QED) is 0.712. The van der Waals surface area contributed by atoms with Gasteiger partial charge in [-0.2, -0.15) is 5.26 Å². The van der Waals surface area contributed by atoms with Gasteiger partial charge in [0.15, 0.2) is 0 Å². The van der Waals surface area contributed by atoms with E-state index in [-0.39, 0.29) is 0 Å². The summed E-state index contributed by atoms with van der Waals surface area (Å²) in [6.07, 6.45) is 1.80. The van der Waals surface area contributed by atoms with E-state index in [1.165, 1.54) is 5.56 Å². The summed E-state index contributed by atoms with van der Waals surface area (Å²) in [5, 5.41) is 8.95. The van der Waals surface area contributed by atoms with Crippen LogP contribution in [0.2, 0.25) is 0 Å². The highest BCUT2D eigenvalue weighted by molar-refractivity contribution is 5.84. The van der Waals surface area contributed by atoms with Crippen molar-refractivity contribution in [2.45, 2.75) is 6.92 Å². The number of nitrogens with zero attached hydrogens (tertiary/aromatic N) is 2. The molecule has 0 aromatic heterocycles. The number of hydrogen-bond donors (Lipinski definition) is 0. The first-order chi connectivity index (χ1) is 8.31. The zero-order chi connectivity index (χ0) is 12.1. The monoisotopic (exact) mass is 220 g/mol. The molecule has 0 amide bonds. The Hall–Kier alpha value is -2.40. The Morgan fingerprint density at radius 1 is 1.06 bits per heavy atom. The maximum absolute atomic E-state index is 8.95. The summed E-state index contributed by atoms with van der Waals surface area (Å²) in [6.45, 7) is 2.04. The average Bonchev–Trinajstić information content (AvgIpc) is 2.38. The molecule has 0 bridgehead atoms. The van der Waals surface area contributed by atoms with Crippen LogP contribution in [-0.4, -0.2) is 6.21 Å². The molecule has 2 rings (SSSR count). The van der Waals surface area contributed by atoms with Crippen molar-refractivity contribution < 1.29 is 0 Å². The first-order valence-electron chi connectivity index (χ1n) is 5.40. The second-order valence-electron chi connectivity index (χ2n) is 3.74. The van der Waals surface area contributed by atoms with Crippen molar-refractivity contribution in [1.29, 1.82) is 5.26 Å². The Morgan fingerprint density at radius 3 is 2.53 bits per heavy atom. The lowest BCUT2D eigenvalue weighted by atomic mass is 10.1. The van der Waals surface area contributed by atoms with Gasteiger partial charge in [-0.3, -0.25) is 4.99 Å². The normalized spacial score (nSPS) is 10.4. The molecule has 2 aromatic rings. The molecule has 2 nitrogen and oxygen atoms in total. The SMILES string of the molecule is Cc1ccccc1/C=N/c1ccccc1C#N. The molecular formula is C15H12N2. The summed E-state index contributed by atoms with van der Waals surface area (Å²) in [5.74, 6) is 0. The van der Waals surface area contributed by atoms with Crippen molar-refractivity contribution in [2.75, 3.05) is 0 Å². The van der Waals surface area contributed by atoms with Gasteiger partial charge in [0.25, 0.3) is 0 Å². The minimum Gasteiger partial charge on any atom is -0.255 e. The van der Waals surface area contributed by atoms with Gasteiger partial charge in [-0.25, -0.2) is 0 Å². The molecule has 17 heavy (non-hydrogen) atoms. The molecule has 0 fully saturated rings. The van der Waals surface area contributed by atoms with Crippen molar-refractivity contribution >= 4 is 11.9 Å². The highest BCUT2D eigenvalue weighted by Gasteiger charge is 1.97. The van der Waals surface area contributed by atoms with E-state index in [0.29, 0.717) is 11.3 Å². The predicted molar refractivity (Wildman–Crippen MR) is 69.6 cm³/mol. The van der Waals surface area contributed by atoms with Crippen molar-refractivity contribution in [3.05, 3.63) is 65.2 Å². The van der Waals surface area contributed by atoms with E-state index in [9.17, 15) is 0 Å². The maximum atomic E-state index is 8.95. The second kappa shape index (κ2) is 5.09. The van der Waals surface area contributed by atoms with E-state index in [1.54, 1.807) is 12.3 Å². The first kappa shape index (κ1) is 11.1. The van der Waals surface area contributed by atoms with Gasteiger partial charge in [0.1, 0.15) is 6.07 Å². The van der Waals surface area contributed by atoms with Gasteiger partial charge in [0.05, 0.1) is 11.3 Å². The van der Waals surface area contributed by atoms with Gasteiger partial charge in [0, 0.05) is 6.21 Å². The van der Waals surface area contributed by atoms with Gasteiger partial charge >= 0.3 is 0 Å². The van der Waals surface area contributed by atoms with Crippen LogP contribution in [0.5, 0.6) is 0 Å². The third kappa shape index (κ3) is 2.59. The minimum absolute atomic E-state index is 0.595. The summed E-state index contributed by atoms with van der Waals surface area (Å²) >= 11 is 0. The van der Waals surface area contributed by atoms with Crippen molar-refractivity contribution in [3.63, 3.8) is 0 Å². The zero-order valence-electron chi connectivity index (χ0n) is 9.59. The minimum atomic E-state index is 0.595. The van der Waals surface area contributed by atoms with E-state index in [0.717, 1.165) is 5.56 Å². The summed E-state index contributed by atoms with van der Waals surface area (Å²) < 4.78 is 0. The number of rotatable bonds is 2. The number of nitriles is 1. The second-order valence-corrected chi connectivity index (χ2v) is 3.74. The van der Waals surface area contributed by atoms with Crippen LogP contribution >= 0.6 is 0 Å². The molecule has 0 aliphatic rings. The van der Waals surface area contributed by atoms with E-state index < -0.39 is 0 Å². The Bertz CT molecular complexity index is 592. The molecule has 2 heteroatoms. The summed E-state index contributed by atoms with van der Waals surface area (Å²) in [6, 6.07) is 17.5. The van der Waals surface area contributed by atoms with E-state index >= 15 is 0 Å². The molecule has 0 spiro atoms. The standard InChI is InChI=1S/C15H12N2/c1-12-6-2-3-8-14(12)11-17-15-9-5-4-7-13(15)10-16/h2-9,11H,1H3/b17-11+. The molecule has 82 valence electrons. The molecule has 0 saturated carbocycles. The van der Waals surface area contributed by atoms with Crippen LogP contribution < -0.4 is 0 Å². The van der Waals surface area contributed by atoms with Crippen LogP contribution in [0.15, 0.2) is 53.5 Å². The molecule has 0 unspecified atom stereocenters. The maximum Gasteiger partial charge on any atom is 0.101 e. The van der Waals surface area contributed by atoms with E-state index in [1.807, 2.05) is 49.4 Å². The van der Waals surface area contributed by atoms with Gasteiger partial charge in [-0.05, 0) is 30.2 Å². The molecular weight excluding hydrogens is 208 g/mol. The summed E-state index contributed by atoms with van der Waals surface area (Å²) in [4.78, 5) is 4.36. The van der Waals surface area contributed by atoms with Gasteiger partial charge in [0.2, 0.25) is 0 Å². The molecule has 0 aliphatic heterocycles. The highest BCUT2D eigenvalue weighted by Crippen LogP contribution is 2.17.